The van der Waals surface area contributed by atoms with Crippen molar-refractivity contribution in [3.8, 4) is 0 Å². The fourth-order valence-electron chi connectivity index (χ4n) is 1.53. The van der Waals surface area contributed by atoms with Gasteiger partial charge >= 0.3 is 0 Å². The molecule has 0 radical (unpaired) electrons. The van der Waals surface area contributed by atoms with E-state index in [4.69, 9.17) is 5.11 Å². The van der Waals surface area contributed by atoms with E-state index in [9.17, 15) is 5.11 Å². The minimum absolute atomic E-state index is 0.0422. The van der Waals surface area contributed by atoms with Crippen molar-refractivity contribution in [3.63, 3.8) is 0 Å². The lowest BCUT2D eigenvalue weighted by Crippen LogP contribution is -2.22. The summed E-state index contributed by atoms with van der Waals surface area (Å²) in [7, 11) is 0. The van der Waals surface area contributed by atoms with Crippen LogP contribution in [0.25, 0.3) is 0 Å². The third-order valence-corrected chi connectivity index (χ3v) is 2.58. The Morgan fingerprint density at radius 1 is 1.27 bits per heavy atom. The minimum Gasteiger partial charge on any atom is -0.396 e. The van der Waals surface area contributed by atoms with Gasteiger partial charge in [0, 0.05) is 5.92 Å². The van der Waals surface area contributed by atoms with Gasteiger partial charge in [0.1, 0.15) is 0 Å². The summed E-state index contributed by atoms with van der Waals surface area (Å²) < 4.78 is 0. The highest BCUT2D eigenvalue weighted by atomic mass is 16.3. The molecule has 0 fully saturated rings. The fraction of sp³-hybridized carbons (Fsp3) is 0.385. The number of hydrogen-bond acceptors (Lipinski definition) is 2. The Hall–Kier alpha value is -1.12. The van der Waals surface area contributed by atoms with E-state index in [0.29, 0.717) is 6.42 Å². The molecule has 0 aliphatic rings. The Morgan fingerprint density at radius 3 is 2.47 bits per heavy atom. The highest BCUT2D eigenvalue weighted by molar-refractivity contribution is 5.14. The molecule has 2 atom stereocenters. The molecule has 0 aliphatic heterocycles. The molecule has 1 aromatic rings. The zero-order valence-electron chi connectivity index (χ0n) is 8.84. The summed E-state index contributed by atoms with van der Waals surface area (Å²) in [6.07, 6.45) is 2.58. The Labute approximate surface area is 90.9 Å². The molecule has 2 nitrogen and oxygen atoms in total. The van der Waals surface area contributed by atoms with E-state index in [2.05, 4.69) is 6.58 Å². The minimum atomic E-state index is -0.507. The van der Waals surface area contributed by atoms with Crippen molar-refractivity contribution in [3.05, 3.63) is 48.6 Å². The quantitative estimate of drug-likeness (QED) is 0.696. The summed E-state index contributed by atoms with van der Waals surface area (Å²) >= 11 is 0. The van der Waals surface area contributed by atoms with Crippen molar-refractivity contribution in [1.82, 2.24) is 0 Å². The average molecular weight is 206 g/mol. The highest BCUT2D eigenvalue weighted by Crippen LogP contribution is 2.12. The second-order valence-electron chi connectivity index (χ2n) is 3.67. The van der Waals surface area contributed by atoms with Gasteiger partial charge in [-0.05, 0) is 18.4 Å². The molecule has 2 heteroatoms. The lowest BCUT2D eigenvalue weighted by molar-refractivity contribution is 0.0852. The van der Waals surface area contributed by atoms with Crippen LogP contribution < -0.4 is 0 Å². The molecule has 0 bridgehead atoms. The molecule has 0 spiro atoms. The molecular weight excluding hydrogens is 188 g/mol. The largest absolute Gasteiger partial charge is 0.396 e. The van der Waals surface area contributed by atoms with E-state index < -0.39 is 6.10 Å². The molecule has 1 aromatic carbocycles. The van der Waals surface area contributed by atoms with Crippen LogP contribution in [-0.4, -0.2) is 22.9 Å². The van der Waals surface area contributed by atoms with Gasteiger partial charge in [0.15, 0.2) is 0 Å². The van der Waals surface area contributed by atoms with E-state index in [-0.39, 0.29) is 12.5 Å². The van der Waals surface area contributed by atoms with E-state index >= 15 is 0 Å². The van der Waals surface area contributed by atoms with Gasteiger partial charge in [0.25, 0.3) is 0 Å². The number of rotatable bonds is 6. The van der Waals surface area contributed by atoms with Crippen molar-refractivity contribution < 1.29 is 10.2 Å². The van der Waals surface area contributed by atoms with Crippen LogP contribution in [0.4, 0.5) is 0 Å². The van der Waals surface area contributed by atoms with Crippen LogP contribution in [0.5, 0.6) is 0 Å². The first-order valence-electron chi connectivity index (χ1n) is 5.23. The molecule has 2 N–H and O–H groups in total. The van der Waals surface area contributed by atoms with Crippen LogP contribution in [0.1, 0.15) is 12.0 Å². The zero-order valence-corrected chi connectivity index (χ0v) is 8.84. The van der Waals surface area contributed by atoms with E-state index in [0.717, 1.165) is 6.42 Å². The van der Waals surface area contributed by atoms with Crippen LogP contribution in [-0.2, 0) is 6.42 Å². The van der Waals surface area contributed by atoms with Crippen LogP contribution in [0.15, 0.2) is 43.0 Å². The molecule has 0 aromatic heterocycles. The van der Waals surface area contributed by atoms with E-state index in [1.165, 1.54) is 5.56 Å². The monoisotopic (exact) mass is 206 g/mol. The van der Waals surface area contributed by atoms with E-state index in [1.807, 2.05) is 30.3 Å². The molecule has 1 unspecified atom stereocenters. The van der Waals surface area contributed by atoms with Gasteiger partial charge in [0.05, 0.1) is 12.7 Å². The van der Waals surface area contributed by atoms with Crippen molar-refractivity contribution in [2.75, 3.05) is 6.61 Å². The van der Waals surface area contributed by atoms with Gasteiger partial charge in [-0.3, -0.25) is 0 Å². The summed E-state index contributed by atoms with van der Waals surface area (Å²) in [5.41, 5.74) is 1.21. The summed E-state index contributed by atoms with van der Waals surface area (Å²) in [5, 5.41) is 18.7. The molecule has 82 valence electrons. The summed E-state index contributed by atoms with van der Waals surface area (Å²) in [6.45, 7) is 3.55. The predicted octanol–water partition coefficient (Wildman–Crippen LogP) is 1.77. The van der Waals surface area contributed by atoms with Crippen LogP contribution in [0.3, 0.4) is 0 Å². The SMILES string of the molecule is C=C[C@@H](CO)C(O)CCc1ccccc1. The number of aliphatic hydroxyl groups is 2. The third-order valence-electron chi connectivity index (χ3n) is 2.58. The van der Waals surface area contributed by atoms with Crippen molar-refractivity contribution in [2.24, 2.45) is 5.92 Å². The maximum atomic E-state index is 9.74. The topological polar surface area (TPSA) is 40.5 Å². The van der Waals surface area contributed by atoms with Crippen molar-refractivity contribution >= 4 is 0 Å². The number of aliphatic hydroxyl groups excluding tert-OH is 2. The first-order valence-corrected chi connectivity index (χ1v) is 5.23. The second-order valence-corrected chi connectivity index (χ2v) is 3.67. The van der Waals surface area contributed by atoms with Gasteiger partial charge < -0.3 is 10.2 Å². The van der Waals surface area contributed by atoms with Gasteiger partial charge in [-0.25, -0.2) is 0 Å². The smallest absolute Gasteiger partial charge is 0.0627 e. The normalized spacial score (nSPS) is 14.5. The Kier molecular flexibility index (Phi) is 5.08. The van der Waals surface area contributed by atoms with Crippen LogP contribution >= 0.6 is 0 Å². The zero-order chi connectivity index (χ0) is 11.1. The van der Waals surface area contributed by atoms with Crippen molar-refractivity contribution in [2.45, 2.75) is 18.9 Å². The number of benzene rings is 1. The first-order chi connectivity index (χ1) is 7.27. The summed E-state index contributed by atoms with van der Waals surface area (Å²) in [5.74, 6) is -0.214. The average Bonchev–Trinajstić information content (AvgIpc) is 2.29. The van der Waals surface area contributed by atoms with Gasteiger partial charge in [0.2, 0.25) is 0 Å². The van der Waals surface area contributed by atoms with E-state index in [1.54, 1.807) is 6.08 Å². The lowest BCUT2D eigenvalue weighted by atomic mass is 9.97. The third kappa shape index (κ3) is 3.86. The van der Waals surface area contributed by atoms with Gasteiger partial charge in [-0.1, -0.05) is 36.4 Å². The molecular formula is C13H18O2. The van der Waals surface area contributed by atoms with Gasteiger partial charge in [-0.2, -0.15) is 0 Å². The molecule has 15 heavy (non-hydrogen) atoms. The molecule has 0 amide bonds. The standard InChI is InChI=1S/C13H18O2/c1-2-12(10-14)13(15)9-8-11-6-4-3-5-7-11/h2-7,12-15H,1,8-10H2/t12-,13?/m0/s1. The fourth-order valence-corrected chi connectivity index (χ4v) is 1.53. The molecule has 0 aliphatic carbocycles. The first kappa shape index (κ1) is 12.0. The Bertz CT molecular complexity index is 282. The van der Waals surface area contributed by atoms with Crippen LogP contribution in [0.2, 0.25) is 0 Å². The second kappa shape index (κ2) is 6.38. The molecule has 0 saturated carbocycles. The molecule has 0 saturated heterocycles. The summed E-state index contributed by atoms with van der Waals surface area (Å²) in [4.78, 5) is 0. The predicted molar refractivity (Wildman–Crippen MR) is 61.5 cm³/mol. The highest BCUT2D eigenvalue weighted by Gasteiger charge is 2.14. The lowest BCUT2D eigenvalue weighted by Gasteiger charge is -2.16. The maximum Gasteiger partial charge on any atom is 0.0627 e. The maximum absolute atomic E-state index is 9.74. The Balaban J connectivity index is 2.40. The van der Waals surface area contributed by atoms with Crippen molar-refractivity contribution in [1.29, 1.82) is 0 Å². The molecule has 1 rings (SSSR count). The van der Waals surface area contributed by atoms with Crippen LogP contribution in [0, 0.1) is 5.92 Å². The van der Waals surface area contributed by atoms with Gasteiger partial charge in [-0.15, -0.1) is 6.58 Å². The number of aryl methyl sites for hydroxylation is 1. The number of hydrogen-bond donors (Lipinski definition) is 2. The summed E-state index contributed by atoms with van der Waals surface area (Å²) in [6, 6.07) is 10.0. The molecule has 0 heterocycles. The Morgan fingerprint density at radius 2 is 1.93 bits per heavy atom.